The Balaban J connectivity index is 2.41. The van der Waals surface area contributed by atoms with Crippen molar-refractivity contribution in [2.75, 3.05) is 0 Å². The summed E-state index contributed by atoms with van der Waals surface area (Å²) in [6.45, 7) is 0. The van der Waals surface area contributed by atoms with Gasteiger partial charge in [-0.3, -0.25) is 9.59 Å². The van der Waals surface area contributed by atoms with Gasteiger partial charge in [0.05, 0.1) is 0 Å². The molecule has 0 spiro atoms. The van der Waals surface area contributed by atoms with Gasteiger partial charge in [0.15, 0.2) is 0 Å². The second kappa shape index (κ2) is 2.79. The van der Waals surface area contributed by atoms with Crippen molar-refractivity contribution >= 4 is 11.6 Å². The van der Waals surface area contributed by atoms with Gasteiger partial charge in [-0.1, -0.05) is 24.3 Å². The van der Waals surface area contributed by atoms with Crippen molar-refractivity contribution in [3.63, 3.8) is 0 Å². The summed E-state index contributed by atoms with van der Waals surface area (Å²) in [6, 6.07) is 6.37. The molecule has 1 aromatic heterocycles. The summed E-state index contributed by atoms with van der Waals surface area (Å²) >= 11 is 0. The smallest absolute Gasteiger partial charge is 0.338 e. The molecule has 0 saturated heterocycles. The van der Waals surface area contributed by atoms with E-state index in [0.29, 0.717) is 0 Å². The van der Waals surface area contributed by atoms with E-state index in [-0.39, 0.29) is 22.4 Å². The van der Waals surface area contributed by atoms with Crippen molar-refractivity contribution in [1.29, 1.82) is 0 Å². The Morgan fingerprint density at radius 2 is 1.56 bits per heavy atom. The largest absolute Gasteiger partial charge is 0.369 e. The van der Waals surface area contributed by atoms with E-state index in [4.69, 9.17) is 0 Å². The zero-order chi connectivity index (χ0) is 11.3. The van der Waals surface area contributed by atoms with Crippen LogP contribution < -0.4 is 5.63 Å². The van der Waals surface area contributed by atoms with E-state index in [0.717, 1.165) is 0 Å². The number of H-pyrrole nitrogens is 1. The Labute approximate surface area is 88.7 Å². The molecule has 0 bridgehead atoms. The van der Waals surface area contributed by atoms with E-state index in [2.05, 4.69) is 9.68 Å². The lowest BCUT2D eigenvalue weighted by atomic mass is 9.88. The molecule has 1 aliphatic carbocycles. The molecule has 0 amide bonds. The molecule has 1 aliphatic rings. The van der Waals surface area contributed by atoms with Crippen LogP contribution >= 0.6 is 0 Å². The highest BCUT2D eigenvalue weighted by atomic mass is 16.5. The van der Waals surface area contributed by atoms with Crippen LogP contribution in [-0.2, 0) is 0 Å². The first-order valence-corrected chi connectivity index (χ1v) is 4.60. The quantitative estimate of drug-likeness (QED) is 0.599. The molecule has 1 N–H and O–H groups in total. The van der Waals surface area contributed by atoms with Gasteiger partial charge in [-0.25, -0.2) is 9.95 Å². The molecule has 0 saturated carbocycles. The molecule has 1 heterocycles. The highest BCUT2D eigenvalue weighted by molar-refractivity contribution is 6.27. The van der Waals surface area contributed by atoms with Gasteiger partial charge in [0.2, 0.25) is 11.6 Å². The lowest BCUT2D eigenvalue weighted by Crippen LogP contribution is -2.24. The standard InChI is InChI=1S/C11H5NO4/c13-9-5-3-1-2-4-6(5)10(14)8-7(9)11(15)16-12-8/h1-4,12H. The molecule has 5 nitrogen and oxygen atoms in total. The van der Waals surface area contributed by atoms with Crippen LogP contribution in [0.4, 0.5) is 0 Å². The first-order valence-electron chi connectivity index (χ1n) is 4.60. The molecule has 0 fully saturated rings. The number of ketones is 2. The monoisotopic (exact) mass is 215 g/mol. The third-order valence-electron chi connectivity index (χ3n) is 2.57. The van der Waals surface area contributed by atoms with Crippen LogP contribution in [0, 0.1) is 0 Å². The van der Waals surface area contributed by atoms with Gasteiger partial charge < -0.3 is 4.52 Å². The van der Waals surface area contributed by atoms with Gasteiger partial charge in [0.25, 0.3) is 0 Å². The number of aromatic amines is 1. The average molecular weight is 215 g/mol. The molecule has 2 aromatic rings. The predicted molar refractivity (Wildman–Crippen MR) is 52.6 cm³/mol. The van der Waals surface area contributed by atoms with Crippen LogP contribution in [-0.4, -0.2) is 16.7 Å². The topological polar surface area (TPSA) is 80.1 Å². The Bertz CT molecular complexity index is 677. The predicted octanol–water partition coefficient (Wildman–Crippen LogP) is 0.743. The number of hydrogen-bond acceptors (Lipinski definition) is 4. The minimum Gasteiger partial charge on any atom is -0.338 e. The van der Waals surface area contributed by atoms with Crippen molar-refractivity contribution in [2.45, 2.75) is 0 Å². The van der Waals surface area contributed by atoms with E-state index < -0.39 is 17.2 Å². The van der Waals surface area contributed by atoms with E-state index in [1.165, 1.54) is 6.07 Å². The number of carbonyl (C=O) groups excluding carboxylic acids is 2. The van der Waals surface area contributed by atoms with Crippen molar-refractivity contribution in [1.82, 2.24) is 5.16 Å². The number of nitrogens with one attached hydrogen (secondary N) is 1. The fourth-order valence-corrected chi connectivity index (χ4v) is 1.82. The van der Waals surface area contributed by atoms with Crippen LogP contribution in [0.2, 0.25) is 0 Å². The normalized spacial score (nSPS) is 13.5. The molecule has 1 aromatic carbocycles. The second-order valence-electron chi connectivity index (χ2n) is 3.45. The lowest BCUT2D eigenvalue weighted by Gasteiger charge is -2.10. The minimum atomic E-state index is -0.803. The fraction of sp³-hybridized carbons (Fsp3) is 0. The van der Waals surface area contributed by atoms with Crippen LogP contribution in [0.1, 0.15) is 32.0 Å². The average Bonchev–Trinajstić information content (AvgIpc) is 2.69. The number of hydrogen-bond donors (Lipinski definition) is 1. The van der Waals surface area contributed by atoms with E-state index in [9.17, 15) is 14.4 Å². The molecule has 78 valence electrons. The van der Waals surface area contributed by atoms with Crippen molar-refractivity contribution in [3.8, 4) is 0 Å². The number of benzene rings is 1. The second-order valence-corrected chi connectivity index (χ2v) is 3.45. The summed E-state index contributed by atoms with van der Waals surface area (Å²) in [5, 5.41) is 2.19. The van der Waals surface area contributed by atoms with Gasteiger partial charge in [0.1, 0.15) is 11.3 Å². The Morgan fingerprint density at radius 3 is 2.25 bits per heavy atom. The Morgan fingerprint density at radius 1 is 0.938 bits per heavy atom. The van der Waals surface area contributed by atoms with Crippen molar-refractivity contribution in [2.24, 2.45) is 0 Å². The number of aromatic nitrogens is 1. The SMILES string of the molecule is O=C1c2ccccc2C(=O)c2c1[nH]oc2=O. The zero-order valence-corrected chi connectivity index (χ0v) is 7.94. The minimum absolute atomic E-state index is 0.0614. The molecule has 0 atom stereocenters. The zero-order valence-electron chi connectivity index (χ0n) is 7.94. The van der Waals surface area contributed by atoms with Gasteiger partial charge in [-0.05, 0) is 0 Å². The summed E-state index contributed by atoms with van der Waals surface area (Å²) < 4.78 is 4.47. The molecule has 3 rings (SSSR count). The van der Waals surface area contributed by atoms with Crippen LogP contribution in [0.25, 0.3) is 0 Å². The lowest BCUT2D eigenvalue weighted by molar-refractivity contribution is 0.0976. The Hall–Kier alpha value is -2.43. The number of rotatable bonds is 0. The van der Waals surface area contributed by atoms with Gasteiger partial charge >= 0.3 is 5.63 Å². The van der Waals surface area contributed by atoms with Gasteiger partial charge in [-0.2, -0.15) is 0 Å². The molecular weight excluding hydrogens is 210 g/mol. The molecular formula is C11H5NO4. The van der Waals surface area contributed by atoms with Crippen molar-refractivity contribution < 1.29 is 14.1 Å². The number of fused-ring (bicyclic) bond motifs is 2. The van der Waals surface area contributed by atoms with Gasteiger partial charge in [0, 0.05) is 11.1 Å². The summed E-state index contributed by atoms with van der Waals surface area (Å²) in [5.41, 5.74) is -0.538. The maximum absolute atomic E-state index is 11.9. The third kappa shape index (κ3) is 0.916. The molecule has 16 heavy (non-hydrogen) atoms. The molecule has 5 heteroatoms. The maximum Gasteiger partial charge on any atom is 0.369 e. The number of carbonyl (C=O) groups is 2. The van der Waals surface area contributed by atoms with E-state index in [1.807, 2.05) is 0 Å². The Kier molecular flexibility index (Phi) is 1.54. The van der Waals surface area contributed by atoms with Crippen molar-refractivity contribution in [3.05, 3.63) is 57.1 Å². The van der Waals surface area contributed by atoms with Crippen LogP contribution in [0.15, 0.2) is 33.6 Å². The van der Waals surface area contributed by atoms with Gasteiger partial charge in [-0.15, -0.1) is 0 Å². The summed E-state index contributed by atoms with van der Waals surface area (Å²) in [5.74, 6) is -0.865. The van der Waals surface area contributed by atoms with Crippen LogP contribution in [0.5, 0.6) is 0 Å². The summed E-state index contributed by atoms with van der Waals surface area (Å²) in [4.78, 5) is 35.0. The molecule has 0 unspecified atom stereocenters. The highest BCUT2D eigenvalue weighted by Crippen LogP contribution is 2.23. The molecule has 0 aliphatic heterocycles. The highest BCUT2D eigenvalue weighted by Gasteiger charge is 2.34. The third-order valence-corrected chi connectivity index (χ3v) is 2.57. The molecule has 0 radical (unpaired) electrons. The first-order chi connectivity index (χ1) is 7.70. The summed E-state index contributed by atoms with van der Waals surface area (Å²) in [7, 11) is 0. The fourth-order valence-electron chi connectivity index (χ4n) is 1.82. The van der Waals surface area contributed by atoms with E-state index in [1.54, 1.807) is 18.2 Å². The summed E-state index contributed by atoms with van der Waals surface area (Å²) in [6.07, 6.45) is 0. The van der Waals surface area contributed by atoms with E-state index >= 15 is 0 Å². The van der Waals surface area contributed by atoms with Crippen LogP contribution in [0.3, 0.4) is 0 Å². The first kappa shape index (κ1) is 8.84. The maximum atomic E-state index is 11.9.